The molecule has 0 spiro atoms. The SMILES string of the molecule is CCNC(=NCCCc1nnc2ccccn12)N1CC[C@@H](O)C1. The zero-order valence-electron chi connectivity index (χ0n) is 13.5. The van der Waals surface area contributed by atoms with Gasteiger partial charge in [0.05, 0.1) is 6.10 Å². The van der Waals surface area contributed by atoms with Crippen LogP contribution in [0.1, 0.15) is 25.6 Å². The van der Waals surface area contributed by atoms with E-state index >= 15 is 0 Å². The number of rotatable bonds is 5. The number of hydrogen-bond donors (Lipinski definition) is 2. The Morgan fingerprint density at radius 1 is 1.43 bits per heavy atom. The number of pyridine rings is 1. The average molecular weight is 316 g/mol. The lowest BCUT2D eigenvalue weighted by molar-refractivity contribution is 0.188. The molecule has 3 rings (SSSR count). The number of aliphatic hydroxyl groups is 1. The Hall–Kier alpha value is -2.15. The quantitative estimate of drug-likeness (QED) is 0.482. The first-order valence-corrected chi connectivity index (χ1v) is 8.28. The molecule has 7 heteroatoms. The highest BCUT2D eigenvalue weighted by atomic mass is 16.3. The van der Waals surface area contributed by atoms with E-state index in [0.29, 0.717) is 6.54 Å². The Balaban J connectivity index is 1.56. The molecule has 1 fully saturated rings. The van der Waals surface area contributed by atoms with Crippen molar-refractivity contribution in [2.45, 2.75) is 32.3 Å². The summed E-state index contributed by atoms with van der Waals surface area (Å²) in [6.07, 6.45) is 4.33. The van der Waals surface area contributed by atoms with Crippen LogP contribution in [0.3, 0.4) is 0 Å². The highest BCUT2D eigenvalue weighted by molar-refractivity contribution is 5.80. The van der Waals surface area contributed by atoms with E-state index in [1.165, 1.54) is 0 Å². The van der Waals surface area contributed by atoms with Crippen molar-refractivity contribution >= 4 is 11.6 Å². The minimum atomic E-state index is -0.235. The van der Waals surface area contributed by atoms with E-state index in [-0.39, 0.29) is 6.10 Å². The first kappa shape index (κ1) is 15.7. The van der Waals surface area contributed by atoms with Crippen molar-refractivity contribution in [1.82, 2.24) is 24.8 Å². The van der Waals surface area contributed by atoms with Crippen molar-refractivity contribution in [2.24, 2.45) is 4.99 Å². The summed E-state index contributed by atoms with van der Waals surface area (Å²) in [5.74, 6) is 1.87. The molecule has 1 aliphatic heterocycles. The maximum absolute atomic E-state index is 9.67. The van der Waals surface area contributed by atoms with E-state index in [1.54, 1.807) is 0 Å². The predicted octanol–water partition coefficient (Wildman–Crippen LogP) is 0.694. The standard InChI is InChI=1S/C16H24N6O/c1-2-17-16(21-11-8-13(23)12-21)18-9-5-7-15-20-19-14-6-3-4-10-22(14)15/h3-4,6,10,13,23H,2,5,7-9,11-12H2,1H3,(H,17,18)/t13-/m1/s1. The fourth-order valence-electron chi connectivity index (χ4n) is 2.84. The number of β-amino-alcohol motifs (C(OH)–C–C–N with tert-alkyl or cyclic N) is 1. The number of nitrogens with zero attached hydrogens (tertiary/aromatic N) is 5. The lowest BCUT2D eigenvalue weighted by Crippen LogP contribution is -2.40. The summed E-state index contributed by atoms with van der Waals surface area (Å²) in [7, 11) is 0. The molecule has 0 unspecified atom stereocenters. The molecule has 7 nitrogen and oxygen atoms in total. The van der Waals surface area contributed by atoms with E-state index < -0.39 is 0 Å². The molecule has 124 valence electrons. The number of aryl methyl sites for hydroxylation is 1. The molecule has 2 aromatic rings. The number of aromatic nitrogens is 3. The maximum atomic E-state index is 9.67. The molecule has 3 heterocycles. The van der Waals surface area contributed by atoms with Crippen LogP contribution in [0.2, 0.25) is 0 Å². The zero-order valence-corrected chi connectivity index (χ0v) is 13.5. The number of fused-ring (bicyclic) bond motifs is 1. The summed E-state index contributed by atoms with van der Waals surface area (Å²) >= 11 is 0. The van der Waals surface area contributed by atoms with Crippen LogP contribution >= 0.6 is 0 Å². The van der Waals surface area contributed by atoms with Crippen LogP contribution in [-0.2, 0) is 6.42 Å². The molecule has 0 saturated carbocycles. The van der Waals surface area contributed by atoms with Gasteiger partial charge in [0.1, 0.15) is 5.82 Å². The first-order valence-electron chi connectivity index (χ1n) is 8.28. The topological polar surface area (TPSA) is 78.0 Å². The summed E-state index contributed by atoms with van der Waals surface area (Å²) in [5.41, 5.74) is 0.880. The highest BCUT2D eigenvalue weighted by Gasteiger charge is 2.22. The van der Waals surface area contributed by atoms with Gasteiger partial charge in [0, 0.05) is 38.8 Å². The van der Waals surface area contributed by atoms with Gasteiger partial charge in [0.25, 0.3) is 0 Å². The third-order valence-electron chi connectivity index (χ3n) is 4.00. The van der Waals surface area contributed by atoms with Gasteiger partial charge in [-0.15, -0.1) is 10.2 Å². The van der Waals surface area contributed by atoms with Crippen LogP contribution in [0.5, 0.6) is 0 Å². The van der Waals surface area contributed by atoms with Crippen molar-refractivity contribution in [3.05, 3.63) is 30.2 Å². The lowest BCUT2D eigenvalue weighted by atomic mass is 10.3. The van der Waals surface area contributed by atoms with Crippen LogP contribution in [0.4, 0.5) is 0 Å². The van der Waals surface area contributed by atoms with E-state index in [1.807, 2.05) is 28.8 Å². The Labute approximate surface area is 136 Å². The van der Waals surface area contributed by atoms with Crippen LogP contribution in [0.15, 0.2) is 29.4 Å². The van der Waals surface area contributed by atoms with Crippen molar-refractivity contribution in [3.8, 4) is 0 Å². The number of nitrogens with one attached hydrogen (secondary N) is 1. The van der Waals surface area contributed by atoms with E-state index in [9.17, 15) is 5.11 Å². The fraction of sp³-hybridized carbons (Fsp3) is 0.562. The molecule has 0 aromatic carbocycles. The number of likely N-dealkylation sites (tertiary alicyclic amines) is 1. The third kappa shape index (κ3) is 3.79. The number of guanidine groups is 1. The Kier molecular flexibility index (Phi) is 5.07. The highest BCUT2D eigenvalue weighted by Crippen LogP contribution is 2.09. The van der Waals surface area contributed by atoms with Gasteiger partial charge in [-0.25, -0.2) is 0 Å². The first-order chi connectivity index (χ1) is 11.3. The van der Waals surface area contributed by atoms with E-state index in [4.69, 9.17) is 0 Å². The van der Waals surface area contributed by atoms with Gasteiger partial charge in [-0.2, -0.15) is 0 Å². The van der Waals surface area contributed by atoms with Gasteiger partial charge in [0.15, 0.2) is 11.6 Å². The minimum Gasteiger partial charge on any atom is -0.391 e. The molecule has 23 heavy (non-hydrogen) atoms. The molecular formula is C16H24N6O. The molecule has 0 radical (unpaired) electrons. The summed E-state index contributed by atoms with van der Waals surface area (Å²) in [6, 6.07) is 5.90. The Morgan fingerprint density at radius 2 is 2.35 bits per heavy atom. The van der Waals surface area contributed by atoms with Gasteiger partial charge < -0.3 is 15.3 Å². The van der Waals surface area contributed by atoms with E-state index in [2.05, 4.69) is 32.3 Å². The zero-order chi connectivity index (χ0) is 16.1. The molecule has 1 aliphatic rings. The Morgan fingerprint density at radius 3 is 3.13 bits per heavy atom. The average Bonchev–Trinajstić information content (AvgIpc) is 3.17. The second-order valence-electron chi connectivity index (χ2n) is 5.77. The molecule has 0 amide bonds. The monoisotopic (exact) mass is 316 g/mol. The van der Waals surface area contributed by atoms with Crippen LogP contribution < -0.4 is 5.32 Å². The van der Waals surface area contributed by atoms with Crippen molar-refractivity contribution in [3.63, 3.8) is 0 Å². The van der Waals surface area contributed by atoms with Crippen molar-refractivity contribution < 1.29 is 5.11 Å². The molecule has 0 bridgehead atoms. The van der Waals surface area contributed by atoms with Crippen molar-refractivity contribution in [1.29, 1.82) is 0 Å². The second kappa shape index (κ2) is 7.41. The van der Waals surface area contributed by atoms with Crippen LogP contribution in [0.25, 0.3) is 5.65 Å². The molecule has 1 saturated heterocycles. The van der Waals surface area contributed by atoms with Crippen molar-refractivity contribution in [2.75, 3.05) is 26.2 Å². The molecule has 1 atom stereocenters. The molecule has 2 N–H and O–H groups in total. The van der Waals surface area contributed by atoms with Crippen LogP contribution in [0, 0.1) is 0 Å². The third-order valence-corrected chi connectivity index (χ3v) is 4.00. The summed E-state index contributed by atoms with van der Waals surface area (Å²) in [5, 5.41) is 21.4. The lowest BCUT2D eigenvalue weighted by Gasteiger charge is -2.20. The molecule has 2 aromatic heterocycles. The summed E-state index contributed by atoms with van der Waals surface area (Å²) < 4.78 is 2.02. The summed E-state index contributed by atoms with van der Waals surface area (Å²) in [4.78, 5) is 6.80. The van der Waals surface area contributed by atoms with Gasteiger partial charge in [-0.05, 0) is 31.9 Å². The minimum absolute atomic E-state index is 0.235. The second-order valence-corrected chi connectivity index (χ2v) is 5.77. The van der Waals surface area contributed by atoms with Gasteiger partial charge >= 0.3 is 0 Å². The largest absolute Gasteiger partial charge is 0.391 e. The van der Waals surface area contributed by atoms with E-state index in [0.717, 1.165) is 56.3 Å². The molecule has 0 aliphatic carbocycles. The normalized spacial score (nSPS) is 18.8. The predicted molar refractivity (Wildman–Crippen MR) is 89.5 cm³/mol. The number of aliphatic hydroxyl groups excluding tert-OH is 1. The van der Waals surface area contributed by atoms with Gasteiger partial charge in [-0.3, -0.25) is 9.39 Å². The maximum Gasteiger partial charge on any atom is 0.194 e. The number of aliphatic imine (C=N–C) groups is 1. The van der Waals surface area contributed by atoms with Gasteiger partial charge in [0.2, 0.25) is 0 Å². The molecular weight excluding hydrogens is 292 g/mol. The summed E-state index contributed by atoms with van der Waals surface area (Å²) in [6.45, 7) is 5.16. The smallest absolute Gasteiger partial charge is 0.194 e. The number of hydrogen-bond acceptors (Lipinski definition) is 4. The van der Waals surface area contributed by atoms with Crippen LogP contribution in [-0.4, -0.2) is 62.8 Å². The Bertz CT molecular complexity index is 667. The fourth-order valence-corrected chi connectivity index (χ4v) is 2.84. The van der Waals surface area contributed by atoms with Gasteiger partial charge in [-0.1, -0.05) is 6.07 Å².